The molecule has 1 saturated carbocycles. The number of carbonyl (C=O) groups is 2. The lowest BCUT2D eigenvalue weighted by atomic mass is 10.1. The Balaban J connectivity index is 1.73. The summed E-state index contributed by atoms with van der Waals surface area (Å²) >= 11 is 1.89. The first-order chi connectivity index (χ1) is 11.6. The van der Waals surface area contributed by atoms with Gasteiger partial charge in [-0.25, -0.2) is 9.18 Å². The van der Waals surface area contributed by atoms with Crippen LogP contribution < -0.4 is 0 Å². The third kappa shape index (κ3) is 3.91. The van der Waals surface area contributed by atoms with Crippen LogP contribution in [0, 0.1) is 9.39 Å². The standard InChI is InChI=1S/C18H22FIN2O3/c1-17(2,3)25-16(24)21-8-9-22(18(11-21)6-7-18)15(23)12-4-5-13(19)14(20)10-12/h4-5,10H,6-9,11H2,1-3H3. The van der Waals surface area contributed by atoms with Crippen LogP contribution in [0.3, 0.4) is 0 Å². The van der Waals surface area contributed by atoms with Crippen molar-refractivity contribution in [3.63, 3.8) is 0 Å². The molecule has 0 N–H and O–H groups in total. The fourth-order valence-corrected chi connectivity index (χ4v) is 3.65. The largest absolute Gasteiger partial charge is 0.444 e. The van der Waals surface area contributed by atoms with Crippen molar-refractivity contribution in [1.82, 2.24) is 9.80 Å². The maximum atomic E-state index is 13.5. The van der Waals surface area contributed by atoms with Crippen molar-refractivity contribution in [1.29, 1.82) is 0 Å². The molecule has 1 saturated heterocycles. The van der Waals surface area contributed by atoms with E-state index in [4.69, 9.17) is 4.74 Å². The summed E-state index contributed by atoms with van der Waals surface area (Å²) in [5, 5.41) is 0. The van der Waals surface area contributed by atoms with Crippen LogP contribution in [-0.2, 0) is 4.74 Å². The summed E-state index contributed by atoms with van der Waals surface area (Å²) in [6.45, 7) is 6.92. The molecule has 1 aromatic carbocycles. The summed E-state index contributed by atoms with van der Waals surface area (Å²) in [4.78, 5) is 28.7. The fourth-order valence-electron chi connectivity index (χ4n) is 3.13. The van der Waals surface area contributed by atoms with Gasteiger partial charge in [0, 0.05) is 28.8 Å². The van der Waals surface area contributed by atoms with Crippen LogP contribution in [0.4, 0.5) is 9.18 Å². The van der Waals surface area contributed by atoms with Crippen LogP contribution in [0.2, 0.25) is 0 Å². The number of halogens is 2. The first kappa shape index (κ1) is 18.4. The molecular weight excluding hydrogens is 438 g/mol. The van der Waals surface area contributed by atoms with Gasteiger partial charge < -0.3 is 14.5 Å². The number of benzene rings is 1. The molecule has 2 fully saturated rings. The summed E-state index contributed by atoms with van der Waals surface area (Å²) in [5.41, 5.74) is -0.347. The Hall–Kier alpha value is -1.38. The van der Waals surface area contributed by atoms with Gasteiger partial charge in [-0.05, 0) is 74.4 Å². The number of ether oxygens (including phenoxy) is 1. The van der Waals surface area contributed by atoms with Crippen LogP contribution in [0.5, 0.6) is 0 Å². The van der Waals surface area contributed by atoms with E-state index in [0.717, 1.165) is 12.8 Å². The first-order valence-corrected chi connectivity index (χ1v) is 9.44. The van der Waals surface area contributed by atoms with E-state index in [9.17, 15) is 14.0 Å². The Labute approximate surface area is 160 Å². The molecule has 0 aromatic heterocycles. The molecule has 0 bridgehead atoms. The van der Waals surface area contributed by atoms with E-state index in [1.54, 1.807) is 11.0 Å². The van der Waals surface area contributed by atoms with Crippen molar-refractivity contribution in [3.05, 3.63) is 33.1 Å². The molecule has 3 rings (SSSR count). The molecule has 1 aromatic rings. The van der Waals surface area contributed by atoms with Gasteiger partial charge in [-0.3, -0.25) is 4.79 Å². The summed E-state index contributed by atoms with van der Waals surface area (Å²) < 4.78 is 19.3. The van der Waals surface area contributed by atoms with E-state index < -0.39 is 5.60 Å². The van der Waals surface area contributed by atoms with E-state index >= 15 is 0 Å². The Morgan fingerprint density at radius 2 is 1.92 bits per heavy atom. The second kappa shape index (κ2) is 6.41. The van der Waals surface area contributed by atoms with Gasteiger partial charge in [0.05, 0.1) is 5.54 Å². The van der Waals surface area contributed by atoms with E-state index in [2.05, 4.69) is 0 Å². The Bertz CT molecular complexity index is 713. The topological polar surface area (TPSA) is 49.9 Å². The number of nitrogens with zero attached hydrogens (tertiary/aromatic N) is 2. The molecule has 1 aliphatic heterocycles. The first-order valence-electron chi connectivity index (χ1n) is 8.36. The average molecular weight is 460 g/mol. The maximum absolute atomic E-state index is 13.5. The van der Waals surface area contributed by atoms with E-state index in [0.29, 0.717) is 28.8 Å². The van der Waals surface area contributed by atoms with E-state index in [1.165, 1.54) is 12.1 Å². The van der Waals surface area contributed by atoms with Gasteiger partial charge in [0.25, 0.3) is 5.91 Å². The number of hydrogen-bond acceptors (Lipinski definition) is 3. The van der Waals surface area contributed by atoms with Crippen molar-refractivity contribution in [2.24, 2.45) is 0 Å². The van der Waals surface area contributed by atoms with Crippen LogP contribution in [-0.4, -0.2) is 52.6 Å². The molecule has 7 heteroatoms. The highest BCUT2D eigenvalue weighted by Crippen LogP contribution is 2.45. The second-order valence-corrected chi connectivity index (χ2v) is 8.87. The molecule has 0 atom stereocenters. The van der Waals surface area contributed by atoms with Crippen molar-refractivity contribution < 1.29 is 18.7 Å². The normalized spacial score (nSPS) is 19.1. The van der Waals surface area contributed by atoms with E-state index in [1.807, 2.05) is 48.3 Å². The van der Waals surface area contributed by atoms with E-state index in [-0.39, 0.29) is 23.4 Å². The Kier molecular flexibility index (Phi) is 4.72. The minimum Gasteiger partial charge on any atom is -0.444 e. The lowest BCUT2D eigenvalue weighted by Gasteiger charge is -2.42. The molecule has 1 spiro atoms. The summed E-state index contributed by atoms with van der Waals surface area (Å²) in [5.74, 6) is -0.424. The molecule has 1 heterocycles. The highest BCUT2D eigenvalue weighted by atomic mass is 127. The summed E-state index contributed by atoms with van der Waals surface area (Å²) in [6.07, 6.45) is 1.41. The van der Waals surface area contributed by atoms with Gasteiger partial charge >= 0.3 is 6.09 Å². The van der Waals surface area contributed by atoms with Gasteiger partial charge in [-0.1, -0.05) is 0 Å². The van der Waals surface area contributed by atoms with Crippen molar-refractivity contribution >= 4 is 34.6 Å². The maximum Gasteiger partial charge on any atom is 0.410 e. The predicted octanol–water partition coefficient (Wildman–Crippen LogP) is 3.66. The zero-order chi connectivity index (χ0) is 18.4. The van der Waals surface area contributed by atoms with Crippen molar-refractivity contribution in [2.75, 3.05) is 19.6 Å². The number of piperazine rings is 1. The van der Waals surface area contributed by atoms with Gasteiger partial charge in [0.2, 0.25) is 0 Å². The zero-order valence-corrected chi connectivity index (χ0v) is 16.8. The molecule has 0 unspecified atom stereocenters. The lowest BCUT2D eigenvalue weighted by molar-refractivity contribution is 0.000630. The lowest BCUT2D eigenvalue weighted by Crippen LogP contribution is -2.58. The van der Waals surface area contributed by atoms with Gasteiger partial charge in [0.1, 0.15) is 11.4 Å². The highest BCUT2D eigenvalue weighted by Gasteiger charge is 2.54. The van der Waals surface area contributed by atoms with Gasteiger partial charge in [-0.2, -0.15) is 0 Å². The smallest absolute Gasteiger partial charge is 0.410 e. The monoisotopic (exact) mass is 460 g/mol. The minimum atomic E-state index is -0.536. The van der Waals surface area contributed by atoms with Gasteiger partial charge in [0.15, 0.2) is 0 Å². The van der Waals surface area contributed by atoms with Crippen LogP contribution in [0.15, 0.2) is 18.2 Å². The summed E-state index contributed by atoms with van der Waals surface area (Å²) in [7, 11) is 0. The van der Waals surface area contributed by atoms with Crippen molar-refractivity contribution in [2.45, 2.75) is 44.8 Å². The molecule has 0 radical (unpaired) electrons. The minimum absolute atomic E-state index is 0.0979. The average Bonchev–Trinajstić information content (AvgIpc) is 3.27. The Morgan fingerprint density at radius 3 is 2.48 bits per heavy atom. The SMILES string of the molecule is CC(C)(C)OC(=O)N1CCN(C(=O)c2ccc(F)c(I)c2)C2(CC2)C1. The predicted molar refractivity (Wildman–Crippen MR) is 99.9 cm³/mol. The molecule has 25 heavy (non-hydrogen) atoms. The quantitative estimate of drug-likeness (QED) is 0.602. The number of carbonyl (C=O) groups excluding carboxylic acids is 2. The van der Waals surface area contributed by atoms with Crippen LogP contribution in [0.1, 0.15) is 44.0 Å². The number of hydrogen-bond donors (Lipinski definition) is 0. The fraction of sp³-hybridized carbons (Fsp3) is 0.556. The molecule has 136 valence electrons. The molecule has 2 amide bonds. The van der Waals surface area contributed by atoms with Gasteiger partial charge in [-0.15, -0.1) is 0 Å². The number of amides is 2. The van der Waals surface area contributed by atoms with Crippen LogP contribution >= 0.6 is 22.6 Å². The molecule has 1 aliphatic carbocycles. The molecule has 2 aliphatic rings. The third-order valence-electron chi connectivity index (χ3n) is 4.54. The number of rotatable bonds is 1. The summed E-state index contributed by atoms with van der Waals surface area (Å²) in [6, 6.07) is 4.43. The molecular formula is C18H22FIN2O3. The molecule has 5 nitrogen and oxygen atoms in total. The Morgan fingerprint density at radius 1 is 1.24 bits per heavy atom. The zero-order valence-electron chi connectivity index (χ0n) is 14.6. The third-order valence-corrected chi connectivity index (χ3v) is 5.37. The van der Waals surface area contributed by atoms with Crippen LogP contribution in [0.25, 0.3) is 0 Å². The highest BCUT2D eigenvalue weighted by molar-refractivity contribution is 14.1. The van der Waals surface area contributed by atoms with Crippen molar-refractivity contribution in [3.8, 4) is 0 Å². The second-order valence-electron chi connectivity index (χ2n) is 7.71.